The zero-order chi connectivity index (χ0) is 10.7. The van der Waals surface area contributed by atoms with E-state index >= 15 is 0 Å². The van der Waals surface area contributed by atoms with Gasteiger partial charge in [-0.05, 0) is 23.7 Å². The van der Waals surface area contributed by atoms with Crippen molar-refractivity contribution in [3.63, 3.8) is 0 Å². The second-order valence-electron chi connectivity index (χ2n) is 6.24. The van der Waals surface area contributed by atoms with Crippen molar-refractivity contribution >= 4 is 11.6 Å². The van der Waals surface area contributed by atoms with E-state index in [1.165, 1.54) is 5.57 Å². The Morgan fingerprint density at radius 2 is 1.23 bits per heavy atom. The molecule has 0 radical (unpaired) electrons. The molecular formula is C12H23Cl. The van der Waals surface area contributed by atoms with Crippen LogP contribution in [0, 0.1) is 10.8 Å². The molecule has 0 saturated carbocycles. The smallest absolute Gasteiger partial charge is 0.00348 e. The van der Waals surface area contributed by atoms with Crippen molar-refractivity contribution in [3.05, 3.63) is 11.1 Å². The van der Waals surface area contributed by atoms with Gasteiger partial charge >= 0.3 is 0 Å². The molecule has 0 saturated heterocycles. The zero-order valence-corrected chi connectivity index (χ0v) is 10.6. The van der Waals surface area contributed by atoms with Crippen LogP contribution >= 0.6 is 11.6 Å². The molecule has 0 aliphatic carbocycles. The van der Waals surface area contributed by atoms with E-state index in [1.807, 2.05) is 0 Å². The van der Waals surface area contributed by atoms with Gasteiger partial charge in [0.1, 0.15) is 0 Å². The summed E-state index contributed by atoms with van der Waals surface area (Å²) in [7, 11) is 0. The van der Waals surface area contributed by atoms with Crippen molar-refractivity contribution in [1.29, 1.82) is 0 Å². The van der Waals surface area contributed by atoms with Gasteiger partial charge in [-0.2, -0.15) is 0 Å². The lowest BCUT2D eigenvalue weighted by atomic mass is 9.81. The van der Waals surface area contributed by atoms with Crippen molar-refractivity contribution < 1.29 is 0 Å². The predicted octanol–water partition coefficient (Wildman–Crippen LogP) is 4.98. The van der Waals surface area contributed by atoms with E-state index in [2.05, 4.69) is 41.5 Å². The maximum absolute atomic E-state index is 5.82. The molecule has 0 bridgehead atoms. The summed E-state index contributed by atoms with van der Waals surface area (Å²) in [6, 6.07) is 0. The van der Waals surface area contributed by atoms with Crippen molar-refractivity contribution in [2.75, 3.05) is 0 Å². The fourth-order valence-electron chi connectivity index (χ4n) is 1.50. The molecule has 0 aromatic carbocycles. The van der Waals surface area contributed by atoms with Crippen LogP contribution in [0.3, 0.4) is 0 Å². The molecule has 0 aliphatic heterocycles. The molecule has 13 heavy (non-hydrogen) atoms. The SMILES string of the molecule is CC(C)(C)CC(=CCl)CC(C)(C)C. The van der Waals surface area contributed by atoms with E-state index in [1.54, 1.807) is 5.54 Å². The summed E-state index contributed by atoms with van der Waals surface area (Å²) in [5.74, 6) is 0. The number of rotatable bonds is 2. The van der Waals surface area contributed by atoms with E-state index in [0.717, 1.165) is 12.8 Å². The molecule has 0 unspecified atom stereocenters. The first kappa shape index (κ1) is 13.0. The van der Waals surface area contributed by atoms with Crippen LogP contribution in [0.2, 0.25) is 0 Å². The fraction of sp³-hybridized carbons (Fsp3) is 0.833. The summed E-state index contributed by atoms with van der Waals surface area (Å²) in [4.78, 5) is 0. The van der Waals surface area contributed by atoms with Crippen molar-refractivity contribution in [2.24, 2.45) is 10.8 Å². The highest BCUT2D eigenvalue weighted by atomic mass is 35.5. The maximum atomic E-state index is 5.82. The topological polar surface area (TPSA) is 0 Å². The second kappa shape index (κ2) is 4.50. The minimum Gasteiger partial charge on any atom is -0.0930 e. The highest BCUT2D eigenvalue weighted by Gasteiger charge is 2.18. The molecule has 0 aliphatic rings. The molecule has 78 valence electrons. The summed E-state index contributed by atoms with van der Waals surface area (Å²) in [5.41, 5.74) is 3.80. The van der Waals surface area contributed by atoms with Gasteiger partial charge in [-0.15, -0.1) is 0 Å². The first-order valence-electron chi connectivity index (χ1n) is 4.92. The fourth-order valence-corrected chi connectivity index (χ4v) is 1.66. The summed E-state index contributed by atoms with van der Waals surface area (Å²) < 4.78 is 0. The van der Waals surface area contributed by atoms with Crippen LogP contribution in [0.15, 0.2) is 11.1 Å². The Bertz CT molecular complexity index is 158. The molecule has 0 heterocycles. The number of hydrogen-bond donors (Lipinski definition) is 0. The average molecular weight is 203 g/mol. The van der Waals surface area contributed by atoms with E-state index in [4.69, 9.17) is 11.6 Å². The summed E-state index contributed by atoms with van der Waals surface area (Å²) in [6.07, 6.45) is 2.18. The van der Waals surface area contributed by atoms with Gasteiger partial charge in [0, 0.05) is 5.54 Å². The van der Waals surface area contributed by atoms with E-state index in [9.17, 15) is 0 Å². The van der Waals surface area contributed by atoms with Crippen molar-refractivity contribution in [2.45, 2.75) is 54.4 Å². The van der Waals surface area contributed by atoms with Gasteiger partial charge in [0.15, 0.2) is 0 Å². The third kappa shape index (κ3) is 8.36. The Hall–Kier alpha value is 0.0300. The molecule has 0 aromatic rings. The van der Waals surface area contributed by atoms with Crippen LogP contribution < -0.4 is 0 Å². The van der Waals surface area contributed by atoms with Gasteiger partial charge < -0.3 is 0 Å². The van der Waals surface area contributed by atoms with E-state index in [-0.39, 0.29) is 0 Å². The van der Waals surface area contributed by atoms with Crippen LogP contribution in [0.25, 0.3) is 0 Å². The van der Waals surface area contributed by atoms with Gasteiger partial charge in [-0.1, -0.05) is 58.7 Å². The normalized spacial score (nSPS) is 12.8. The lowest BCUT2D eigenvalue weighted by molar-refractivity contribution is 0.359. The van der Waals surface area contributed by atoms with Gasteiger partial charge in [0.05, 0.1) is 0 Å². The second-order valence-corrected chi connectivity index (χ2v) is 6.46. The molecule has 0 spiro atoms. The Labute approximate surface area is 88.4 Å². The molecule has 0 amide bonds. The molecule has 1 heteroatoms. The van der Waals surface area contributed by atoms with E-state index < -0.39 is 0 Å². The van der Waals surface area contributed by atoms with Crippen LogP contribution in [0.5, 0.6) is 0 Å². The first-order valence-corrected chi connectivity index (χ1v) is 5.36. The Kier molecular flexibility index (Phi) is 4.51. The minimum atomic E-state index is 0.339. The molecule has 0 rings (SSSR count). The Morgan fingerprint density at radius 1 is 0.923 bits per heavy atom. The molecule has 0 N–H and O–H groups in total. The van der Waals surface area contributed by atoms with Crippen molar-refractivity contribution in [1.82, 2.24) is 0 Å². The lowest BCUT2D eigenvalue weighted by Gasteiger charge is -2.25. The van der Waals surface area contributed by atoms with Crippen LogP contribution in [0.4, 0.5) is 0 Å². The Morgan fingerprint density at radius 3 is 1.38 bits per heavy atom. The highest BCUT2D eigenvalue weighted by molar-refractivity contribution is 6.25. The standard InChI is InChI=1S/C12H23Cl/c1-11(2,3)7-10(9-13)8-12(4,5)6/h9H,7-8H2,1-6H3. The predicted molar refractivity (Wildman–Crippen MR) is 62.1 cm³/mol. The Balaban J connectivity index is 4.24. The van der Waals surface area contributed by atoms with Crippen LogP contribution in [-0.4, -0.2) is 0 Å². The molecule has 0 atom stereocenters. The number of hydrogen-bond acceptors (Lipinski definition) is 0. The third-order valence-electron chi connectivity index (χ3n) is 1.67. The summed E-state index contributed by atoms with van der Waals surface area (Å²) >= 11 is 5.82. The highest BCUT2D eigenvalue weighted by Crippen LogP contribution is 2.32. The molecular weight excluding hydrogens is 180 g/mol. The zero-order valence-electron chi connectivity index (χ0n) is 9.87. The lowest BCUT2D eigenvalue weighted by Crippen LogP contribution is -2.11. The number of halogens is 1. The first-order chi connectivity index (χ1) is 5.64. The van der Waals surface area contributed by atoms with Gasteiger partial charge in [-0.3, -0.25) is 0 Å². The minimum absolute atomic E-state index is 0.339. The van der Waals surface area contributed by atoms with Gasteiger partial charge in [0.25, 0.3) is 0 Å². The molecule has 0 aromatic heterocycles. The third-order valence-corrected chi connectivity index (χ3v) is 1.98. The van der Waals surface area contributed by atoms with Crippen molar-refractivity contribution in [3.8, 4) is 0 Å². The molecule has 0 fully saturated rings. The summed E-state index contributed by atoms with van der Waals surface area (Å²) in [6.45, 7) is 13.5. The maximum Gasteiger partial charge on any atom is 0.00348 e. The number of allylic oxidation sites excluding steroid dienone is 1. The largest absolute Gasteiger partial charge is 0.0930 e. The summed E-state index contributed by atoms with van der Waals surface area (Å²) in [5, 5.41) is 0. The quantitative estimate of drug-likeness (QED) is 0.593. The van der Waals surface area contributed by atoms with Gasteiger partial charge in [0.2, 0.25) is 0 Å². The average Bonchev–Trinajstić information content (AvgIpc) is 1.79. The monoisotopic (exact) mass is 202 g/mol. The van der Waals surface area contributed by atoms with E-state index in [0.29, 0.717) is 10.8 Å². The van der Waals surface area contributed by atoms with Crippen LogP contribution in [-0.2, 0) is 0 Å². The van der Waals surface area contributed by atoms with Crippen LogP contribution in [0.1, 0.15) is 54.4 Å². The van der Waals surface area contributed by atoms with Gasteiger partial charge in [-0.25, -0.2) is 0 Å². The molecule has 0 nitrogen and oxygen atoms in total.